The number of hydrogen-bond acceptors (Lipinski definition) is 2. The van der Waals surface area contributed by atoms with Gasteiger partial charge in [0.1, 0.15) is 5.82 Å². The highest BCUT2D eigenvalue weighted by Gasteiger charge is 2.09. The maximum atomic E-state index is 12.9. The van der Waals surface area contributed by atoms with Crippen LogP contribution in [-0.4, -0.2) is 6.03 Å². The summed E-state index contributed by atoms with van der Waals surface area (Å²) < 4.78 is 12.9. The maximum Gasteiger partial charge on any atom is 0.319 e. The summed E-state index contributed by atoms with van der Waals surface area (Å²) >= 11 is 0. The average Bonchev–Trinajstić information content (AvgIpc) is 2.47. The van der Waals surface area contributed by atoms with Crippen molar-refractivity contribution >= 4 is 11.7 Å². The van der Waals surface area contributed by atoms with Gasteiger partial charge in [-0.2, -0.15) is 0 Å². The van der Waals surface area contributed by atoms with Crippen LogP contribution in [0.5, 0.6) is 0 Å². The highest BCUT2D eigenvalue weighted by atomic mass is 19.1. The summed E-state index contributed by atoms with van der Waals surface area (Å²) in [5, 5.41) is 5.55. The molecule has 0 fully saturated rings. The molecule has 4 N–H and O–H groups in total. The summed E-state index contributed by atoms with van der Waals surface area (Å²) in [7, 11) is 0. The molecule has 0 aromatic heterocycles. The third-order valence-corrected chi connectivity index (χ3v) is 3.14. The molecule has 0 bridgehead atoms. The highest BCUT2D eigenvalue weighted by Crippen LogP contribution is 2.14. The lowest BCUT2D eigenvalue weighted by Crippen LogP contribution is -2.31. The molecule has 2 aromatic rings. The second-order valence-electron chi connectivity index (χ2n) is 4.78. The summed E-state index contributed by atoms with van der Waals surface area (Å²) in [5.41, 5.74) is 8.02. The van der Waals surface area contributed by atoms with Crippen LogP contribution >= 0.6 is 0 Å². The van der Waals surface area contributed by atoms with Crippen LogP contribution in [0, 0.1) is 5.82 Å². The molecule has 21 heavy (non-hydrogen) atoms. The normalized spacial score (nSPS) is 11.8. The van der Waals surface area contributed by atoms with Gasteiger partial charge >= 0.3 is 6.03 Å². The largest absolute Gasteiger partial charge is 0.331 e. The number of nitrogens with two attached hydrogens (primary N) is 1. The predicted molar refractivity (Wildman–Crippen MR) is 81.3 cm³/mol. The minimum Gasteiger partial charge on any atom is -0.331 e. The van der Waals surface area contributed by atoms with Gasteiger partial charge < -0.3 is 16.4 Å². The zero-order chi connectivity index (χ0) is 15.2. The van der Waals surface area contributed by atoms with Crippen molar-refractivity contribution in [2.45, 2.75) is 19.5 Å². The van der Waals surface area contributed by atoms with Crippen molar-refractivity contribution in [2.75, 3.05) is 5.32 Å². The molecule has 0 spiro atoms. The summed E-state index contributed by atoms with van der Waals surface area (Å²) in [6, 6.07) is 12.8. The van der Waals surface area contributed by atoms with E-state index in [-0.39, 0.29) is 17.9 Å². The van der Waals surface area contributed by atoms with Crippen LogP contribution in [0.1, 0.15) is 24.1 Å². The summed E-state index contributed by atoms with van der Waals surface area (Å²) in [5.74, 6) is -0.297. The van der Waals surface area contributed by atoms with E-state index in [0.29, 0.717) is 12.2 Å². The summed E-state index contributed by atoms with van der Waals surface area (Å²) in [6.45, 7) is 2.26. The number of rotatable bonds is 4. The van der Waals surface area contributed by atoms with E-state index >= 15 is 0 Å². The van der Waals surface area contributed by atoms with Crippen molar-refractivity contribution < 1.29 is 9.18 Å². The molecule has 0 saturated heterocycles. The Balaban J connectivity index is 1.96. The van der Waals surface area contributed by atoms with Gasteiger partial charge in [-0.25, -0.2) is 9.18 Å². The molecule has 110 valence electrons. The zero-order valence-electron chi connectivity index (χ0n) is 11.8. The van der Waals surface area contributed by atoms with Crippen molar-refractivity contribution in [3.63, 3.8) is 0 Å². The molecule has 2 rings (SSSR count). The fourth-order valence-corrected chi connectivity index (χ4v) is 1.97. The van der Waals surface area contributed by atoms with Crippen LogP contribution in [-0.2, 0) is 6.54 Å². The van der Waals surface area contributed by atoms with Gasteiger partial charge in [0, 0.05) is 12.2 Å². The quantitative estimate of drug-likeness (QED) is 0.808. The number of anilines is 1. The minimum absolute atomic E-state index is 0.219. The van der Waals surface area contributed by atoms with Gasteiger partial charge in [0.2, 0.25) is 0 Å². The lowest BCUT2D eigenvalue weighted by Gasteiger charge is -2.15. The molecule has 4 nitrogen and oxygen atoms in total. The minimum atomic E-state index is -0.319. The molecule has 2 amide bonds. The third-order valence-electron chi connectivity index (χ3n) is 3.14. The van der Waals surface area contributed by atoms with Crippen LogP contribution in [0.2, 0.25) is 0 Å². The number of urea groups is 1. The Morgan fingerprint density at radius 1 is 1.24 bits per heavy atom. The summed E-state index contributed by atoms with van der Waals surface area (Å²) in [6.07, 6.45) is 0. The first-order valence-electron chi connectivity index (χ1n) is 6.70. The fraction of sp³-hybridized carbons (Fsp3) is 0.188. The third kappa shape index (κ3) is 4.29. The van der Waals surface area contributed by atoms with Crippen LogP contribution < -0.4 is 16.4 Å². The first-order valence-corrected chi connectivity index (χ1v) is 6.70. The van der Waals surface area contributed by atoms with Crippen molar-refractivity contribution in [3.8, 4) is 0 Å². The maximum absolute atomic E-state index is 12.9. The molecule has 0 aliphatic heterocycles. The Hall–Kier alpha value is -2.40. The molecular formula is C16H18FN3O. The Kier molecular flexibility index (Phi) is 4.90. The Morgan fingerprint density at radius 2 is 1.95 bits per heavy atom. The van der Waals surface area contributed by atoms with Crippen molar-refractivity contribution in [2.24, 2.45) is 5.73 Å². The second-order valence-corrected chi connectivity index (χ2v) is 4.78. The van der Waals surface area contributed by atoms with Crippen molar-refractivity contribution in [1.29, 1.82) is 0 Å². The lowest BCUT2D eigenvalue weighted by molar-refractivity contribution is 0.249. The van der Waals surface area contributed by atoms with Crippen LogP contribution in [0.25, 0.3) is 0 Å². The molecular weight excluding hydrogens is 269 g/mol. The highest BCUT2D eigenvalue weighted by molar-refractivity contribution is 5.89. The van der Waals surface area contributed by atoms with E-state index in [4.69, 9.17) is 5.73 Å². The van der Waals surface area contributed by atoms with Crippen LogP contribution in [0.4, 0.5) is 14.9 Å². The number of carbonyl (C=O) groups is 1. The molecule has 1 unspecified atom stereocenters. The molecule has 0 heterocycles. The van der Waals surface area contributed by atoms with E-state index in [0.717, 1.165) is 11.1 Å². The van der Waals surface area contributed by atoms with Gasteiger partial charge in [-0.05, 0) is 42.3 Å². The van der Waals surface area contributed by atoms with Gasteiger partial charge in [0.05, 0.1) is 6.04 Å². The summed E-state index contributed by atoms with van der Waals surface area (Å²) in [4.78, 5) is 11.9. The lowest BCUT2D eigenvalue weighted by atomic mass is 10.1. The number of carbonyl (C=O) groups excluding carboxylic acids is 1. The Labute approximate surface area is 123 Å². The topological polar surface area (TPSA) is 67.2 Å². The molecule has 5 heteroatoms. The standard InChI is InChI=1S/C16H18FN3O/c1-11(13-5-7-14(17)8-6-13)19-16(21)20-15-4-2-3-12(9-15)10-18/h2-9,11H,10,18H2,1H3,(H2,19,20,21). The molecule has 0 aliphatic rings. The van der Waals surface area contributed by atoms with E-state index in [2.05, 4.69) is 10.6 Å². The number of amides is 2. The predicted octanol–water partition coefficient (Wildman–Crippen LogP) is 3.17. The molecule has 0 aliphatic carbocycles. The molecule has 0 saturated carbocycles. The van der Waals surface area contributed by atoms with Gasteiger partial charge in [-0.1, -0.05) is 24.3 Å². The number of halogens is 1. The van der Waals surface area contributed by atoms with Crippen molar-refractivity contribution in [1.82, 2.24) is 5.32 Å². The second kappa shape index (κ2) is 6.85. The zero-order valence-corrected chi connectivity index (χ0v) is 11.8. The van der Waals surface area contributed by atoms with E-state index in [1.54, 1.807) is 18.2 Å². The van der Waals surface area contributed by atoms with Crippen LogP contribution in [0.3, 0.4) is 0 Å². The Bertz CT molecular complexity index is 613. The molecule has 1 atom stereocenters. The number of nitrogens with one attached hydrogen (secondary N) is 2. The SMILES string of the molecule is CC(NC(=O)Nc1cccc(CN)c1)c1ccc(F)cc1. The van der Waals surface area contributed by atoms with E-state index in [1.165, 1.54) is 12.1 Å². The first-order chi connectivity index (χ1) is 10.1. The fourth-order valence-electron chi connectivity index (χ4n) is 1.97. The van der Waals surface area contributed by atoms with Crippen LogP contribution in [0.15, 0.2) is 48.5 Å². The van der Waals surface area contributed by atoms with E-state index in [9.17, 15) is 9.18 Å². The average molecular weight is 287 g/mol. The van der Waals surface area contributed by atoms with Gasteiger partial charge in [-0.15, -0.1) is 0 Å². The van der Waals surface area contributed by atoms with Crippen molar-refractivity contribution in [3.05, 3.63) is 65.5 Å². The monoisotopic (exact) mass is 287 g/mol. The number of hydrogen-bond donors (Lipinski definition) is 3. The van der Waals surface area contributed by atoms with E-state index in [1.807, 2.05) is 25.1 Å². The molecule has 0 radical (unpaired) electrons. The van der Waals surface area contributed by atoms with Gasteiger partial charge in [0.25, 0.3) is 0 Å². The molecule has 2 aromatic carbocycles. The van der Waals surface area contributed by atoms with Gasteiger partial charge in [-0.3, -0.25) is 0 Å². The first kappa shape index (κ1) is 15.0. The smallest absolute Gasteiger partial charge is 0.319 e. The Morgan fingerprint density at radius 3 is 2.62 bits per heavy atom. The van der Waals surface area contributed by atoms with E-state index < -0.39 is 0 Å². The van der Waals surface area contributed by atoms with Gasteiger partial charge in [0.15, 0.2) is 0 Å². The number of benzene rings is 2.